The molecule has 1 aromatic rings. The van der Waals surface area contributed by atoms with E-state index in [-0.39, 0.29) is 4.90 Å². The molecule has 1 aliphatic rings. The predicted molar refractivity (Wildman–Crippen MR) is 68.3 cm³/mol. The fourth-order valence-corrected chi connectivity index (χ4v) is 2.33. The highest BCUT2D eigenvalue weighted by Gasteiger charge is 2.21. The molecule has 2 rings (SSSR count). The van der Waals surface area contributed by atoms with E-state index in [0.717, 1.165) is 18.2 Å². The number of rotatable bonds is 5. The molecule has 0 spiro atoms. The zero-order chi connectivity index (χ0) is 12.5. The summed E-state index contributed by atoms with van der Waals surface area (Å²) in [4.78, 5) is 0.189. The lowest BCUT2D eigenvalue weighted by atomic mass is 10.2. The van der Waals surface area contributed by atoms with Gasteiger partial charge in [-0.1, -0.05) is 0 Å². The predicted octanol–water partition coefficient (Wildman–Crippen LogP) is 0.999. The van der Waals surface area contributed by atoms with Gasteiger partial charge in [0.15, 0.2) is 0 Å². The fraction of sp³-hybridized carbons (Fsp3) is 0.455. The van der Waals surface area contributed by atoms with Crippen LogP contribution in [-0.4, -0.2) is 22.0 Å². The zero-order valence-electron chi connectivity index (χ0n) is 9.73. The summed E-state index contributed by atoms with van der Waals surface area (Å²) in [5.41, 5.74) is 7.08. The molecule has 0 atom stereocenters. The smallest absolute Gasteiger partial charge is 0.240 e. The Hall–Kier alpha value is -1.27. The van der Waals surface area contributed by atoms with Crippen molar-refractivity contribution in [2.24, 2.45) is 5.92 Å². The van der Waals surface area contributed by atoms with E-state index in [1.165, 1.54) is 26.0 Å². The van der Waals surface area contributed by atoms with Gasteiger partial charge in [-0.25, -0.2) is 13.1 Å². The number of anilines is 2. The first kappa shape index (κ1) is 12.2. The van der Waals surface area contributed by atoms with E-state index >= 15 is 0 Å². The van der Waals surface area contributed by atoms with E-state index in [1.54, 1.807) is 12.1 Å². The summed E-state index contributed by atoms with van der Waals surface area (Å²) in [6.07, 6.45) is 2.53. The van der Waals surface area contributed by atoms with Gasteiger partial charge in [0.25, 0.3) is 0 Å². The highest BCUT2D eigenvalue weighted by atomic mass is 32.2. The van der Waals surface area contributed by atoms with E-state index in [1.807, 2.05) is 0 Å². The van der Waals surface area contributed by atoms with E-state index in [2.05, 4.69) is 10.0 Å². The molecule has 4 N–H and O–H groups in total. The normalized spacial score (nSPS) is 15.8. The van der Waals surface area contributed by atoms with Gasteiger partial charge >= 0.3 is 0 Å². The molecule has 6 heteroatoms. The van der Waals surface area contributed by atoms with Crippen molar-refractivity contribution >= 4 is 21.4 Å². The van der Waals surface area contributed by atoms with Gasteiger partial charge in [0.2, 0.25) is 10.0 Å². The van der Waals surface area contributed by atoms with Gasteiger partial charge < -0.3 is 11.1 Å². The van der Waals surface area contributed by atoms with Crippen molar-refractivity contribution in [2.45, 2.75) is 17.7 Å². The Kier molecular flexibility index (Phi) is 3.26. The zero-order valence-corrected chi connectivity index (χ0v) is 10.5. The Balaban J connectivity index is 2.15. The average Bonchev–Trinajstić information content (AvgIpc) is 3.11. The standard InChI is InChI=1S/C11H17N3O2S/c1-13-17(15,16)9-4-5-11(10(12)6-9)14-7-8-2-3-8/h4-6,8,13-14H,2-3,7,12H2,1H3. The SMILES string of the molecule is CNS(=O)(=O)c1ccc(NCC2CC2)c(N)c1. The molecule has 17 heavy (non-hydrogen) atoms. The van der Waals surface area contributed by atoms with Crippen LogP contribution in [0, 0.1) is 5.92 Å². The van der Waals surface area contributed by atoms with Crippen LogP contribution in [0.3, 0.4) is 0 Å². The summed E-state index contributed by atoms with van der Waals surface area (Å²) >= 11 is 0. The van der Waals surface area contributed by atoms with Gasteiger partial charge in [0, 0.05) is 6.54 Å². The van der Waals surface area contributed by atoms with E-state index in [9.17, 15) is 8.42 Å². The van der Waals surface area contributed by atoms with Crippen LogP contribution in [0.2, 0.25) is 0 Å². The molecule has 0 unspecified atom stereocenters. The number of nitrogens with two attached hydrogens (primary N) is 1. The van der Waals surface area contributed by atoms with Gasteiger partial charge in [-0.3, -0.25) is 0 Å². The fourth-order valence-electron chi connectivity index (χ4n) is 1.56. The van der Waals surface area contributed by atoms with E-state index in [4.69, 9.17) is 5.73 Å². The molecule has 0 amide bonds. The Morgan fingerprint density at radius 2 is 2.12 bits per heavy atom. The lowest BCUT2D eigenvalue weighted by molar-refractivity contribution is 0.588. The van der Waals surface area contributed by atoms with Crippen LogP contribution in [0.1, 0.15) is 12.8 Å². The molecule has 0 aliphatic heterocycles. The van der Waals surface area contributed by atoms with Gasteiger partial charge in [-0.15, -0.1) is 0 Å². The number of nitrogens with one attached hydrogen (secondary N) is 2. The third kappa shape index (κ3) is 2.89. The number of benzene rings is 1. The first-order chi connectivity index (χ1) is 8.03. The lowest BCUT2D eigenvalue weighted by Gasteiger charge is -2.10. The van der Waals surface area contributed by atoms with Crippen LogP contribution in [0.4, 0.5) is 11.4 Å². The van der Waals surface area contributed by atoms with Crippen molar-refractivity contribution in [3.05, 3.63) is 18.2 Å². The van der Waals surface area contributed by atoms with E-state index in [0.29, 0.717) is 5.69 Å². The van der Waals surface area contributed by atoms with Crippen LogP contribution in [0.15, 0.2) is 23.1 Å². The van der Waals surface area contributed by atoms with Crippen molar-refractivity contribution in [3.8, 4) is 0 Å². The highest BCUT2D eigenvalue weighted by molar-refractivity contribution is 7.89. The second-order valence-electron chi connectivity index (χ2n) is 4.28. The molecule has 0 saturated heterocycles. The second kappa shape index (κ2) is 4.54. The molecule has 0 heterocycles. The Labute approximate surface area is 101 Å². The molecule has 94 valence electrons. The average molecular weight is 255 g/mol. The number of hydrogen-bond acceptors (Lipinski definition) is 4. The Morgan fingerprint density at radius 1 is 1.41 bits per heavy atom. The largest absolute Gasteiger partial charge is 0.397 e. The maximum Gasteiger partial charge on any atom is 0.240 e. The topological polar surface area (TPSA) is 84.2 Å². The van der Waals surface area contributed by atoms with Crippen LogP contribution in [-0.2, 0) is 10.0 Å². The molecule has 0 aromatic heterocycles. The minimum Gasteiger partial charge on any atom is -0.397 e. The van der Waals surface area contributed by atoms with Crippen LogP contribution < -0.4 is 15.8 Å². The first-order valence-corrected chi connectivity index (χ1v) is 7.08. The van der Waals surface area contributed by atoms with Crippen LogP contribution >= 0.6 is 0 Å². The monoisotopic (exact) mass is 255 g/mol. The Morgan fingerprint density at radius 3 is 2.65 bits per heavy atom. The van der Waals surface area contributed by atoms with Crippen molar-refractivity contribution in [1.82, 2.24) is 4.72 Å². The third-order valence-corrected chi connectivity index (χ3v) is 4.29. The van der Waals surface area contributed by atoms with Crippen molar-refractivity contribution in [3.63, 3.8) is 0 Å². The minimum atomic E-state index is -3.41. The van der Waals surface area contributed by atoms with E-state index < -0.39 is 10.0 Å². The quantitative estimate of drug-likeness (QED) is 0.685. The number of nitrogen functional groups attached to an aromatic ring is 1. The molecule has 0 bridgehead atoms. The highest BCUT2D eigenvalue weighted by Crippen LogP contribution is 2.30. The van der Waals surface area contributed by atoms with Crippen molar-refractivity contribution < 1.29 is 8.42 Å². The summed E-state index contributed by atoms with van der Waals surface area (Å²) in [7, 11) is -2.03. The lowest BCUT2D eigenvalue weighted by Crippen LogP contribution is -2.19. The first-order valence-electron chi connectivity index (χ1n) is 5.60. The van der Waals surface area contributed by atoms with Gasteiger partial charge in [0.1, 0.15) is 0 Å². The second-order valence-corrected chi connectivity index (χ2v) is 6.17. The summed E-state index contributed by atoms with van der Waals surface area (Å²) < 4.78 is 25.4. The minimum absolute atomic E-state index is 0.189. The number of hydrogen-bond donors (Lipinski definition) is 3. The maximum absolute atomic E-state index is 11.6. The summed E-state index contributed by atoms with van der Waals surface area (Å²) in [6.45, 7) is 0.905. The van der Waals surface area contributed by atoms with Gasteiger partial charge in [0.05, 0.1) is 16.3 Å². The Bertz CT molecular complexity index is 509. The molecule has 1 saturated carbocycles. The molecule has 5 nitrogen and oxygen atoms in total. The summed E-state index contributed by atoms with van der Waals surface area (Å²) in [6, 6.07) is 4.74. The van der Waals surface area contributed by atoms with Crippen molar-refractivity contribution in [2.75, 3.05) is 24.6 Å². The molecular weight excluding hydrogens is 238 g/mol. The maximum atomic E-state index is 11.6. The molecule has 1 aromatic carbocycles. The summed E-state index contributed by atoms with van der Waals surface area (Å²) in [5, 5.41) is 3.23. The van der Waals surface area contributed by atoms with Crippen LogP contribution in [0.25, 0.3) is 0 Å². The van der Waals surface area contributed by atoms with Crippen molar-refractivity contribution in [1.29, 1.82) is 0 Å². The van der Waals surface area contributed by atoms with Crippen LogP contribution in [0.5, 0.6) is 0 Å². The molecule has 1 fully saturated rings. The molecular formula is C11H17N3O2S. The third-order valence-electron chi connectivity index (χ3n) is 2.88. The molecule has 1 aliphatic carbocycles. The van der Waals surface area contributed by atoms with Gasteiger partial charge in [-0.2, -0.15) is 0 Å². The van der Waals surface area contributed by atoms with Gasteiger partial charge in [-0.05, 0) is 44.0 Å². The number of sulfonamides is 1. The summed E-state index contributed by atoms with van der Waals surface area (Å²) in [5.74, 6) is 0.745. The molecule has 0 radical (unpaired) electrons.